The van der Waals surface area contributed by atoms with Crippen LogP contribution < -0.4 is 21.3 Å². The summed E-state index contributed by atoms with van der Waals surface area (Å²) in [6.07, 6.45) is 12.4. The quantitative estimate of drug-likeness (QED) is 0.0670. The number of ketones is 1. The van der Waals surface area contributed by atoms with E-state index in [9.17, 15) is 14.4 Å². The lowest BCUT2D eigenvalue weighted by atomic mass is 10.1. The Hall–Kier alpha value is -2.43. The monoisotopic (exact) mass is 647 g/mol. The normalized spacial score (nSPS) is 7.80. The molecule has 9 heteroatoms. The second-order valence-electron chi connectivity index (χ2n) is 8.30. The van der Waals surface area contributed by atoms with E-state index in [4.69, 9.17) is 10.2 Å². The second kappa shape index (κ2) is 78.3. The summed E-state index contributed by atoms with van der Waals surface area (Å²) >= 11 is 0. The van der Waals surface area contributed by atoms with E-state index in [1.165, 1.54) is 32.1 Å². The summed E-state index contributed by atoms with van der Waals surface area (Å²) in [5, 5.41) is 26.8. The summed E-state index contributed by atoms with van der Waals surface area (Å²) in [6, 6.07) is 6.98. The van der Waals surface area contributed by atoms with Gasteiger partial charge in [0.1, 0.15) is 12.1 Å². The second-order valence-corrected chi connectivity index (χ2v) is 8.30. The van der Waals surface area contributed by atoms with Crippen molar-refractivity contribution in [1.82, 2.24) is 16.0 Å². The zero-order valence-electron chi connectivity index (χ0n) is 31.9. The molecular formula is C36H78N4O5. The van der Waals surface area contributed by atoms with E-state index in [-0.39, 0.29) is 6.61 Å². The highest BCUT2D eigenvalue weighted by atomic mass is 16.3. The number of Topliss-reactive ketones (excluding diaryl/α,β-unsaturated/α-hetero) is 1. The molecule has 1 amide bonds. The fraction of sp³-hybridized carbons (Fsp3) is 0.694. The third-order valence-electron chi connectivity index (χ3n) is 4.19. The van der Waals surface area contributed by atoms with Gasteiger partial charge in [-0.3, -0.25) is 4.79 Å². The molecule has 0 aromatic heterocycles. The molecule has 6 N–H and O–H groups in total. The number of anilines is 1. The van der Waals surface area contributed by atoms with Crippen LogP contribution in [0.3, 0.4) is 0 Å². The van der Waals surface area contributed by atoms with Gasteiger partial charge in [0.15, 0.2) is 0 Å². The first-order chi connectivity index (χ1) is 21.8. The van der Waals surface area contributed by atoms with Crippen molar-refractivity contribution in [1.29, 1.82) is 0 Å². The van der Waals surface area contributed by atoms with Crippen molar-refractivity contribution in [2.24, 2.45) is 0 Å². The zero-order chi connectivity index (χ0) is 37.0. The molecule has 1 aromatic rings. The van der Waals surface area contributed by atoms with Gasteiger partial charge in [0.25, 0.3) is 0 Å². The van der Waals surface area contributed by atoms with Crippen LogP contribution in [-0.4, -0.2) is 76.6 Å². The molecule has 1 aromatic carbocycles. The van der Waals surface area contributed by atoms with Gasteiger partial charge in [0, 0.05) is 19.2 Å². The van der Waals surface area contributed by atoms with Gasteiger partial charge in [-0.05, 0) is 84.5 Å². The van der Waals surface area contributed by atoms with Gasteiger partial charge < -0.3 is 41.1 Å². The maximum absolute atomic E-state index is 10.5. The summed E-state index contributed by atoms with van der Waals surface area (Å²) in [7, 11) is 6.62. The van der Waals surface area contributed by atoms with Crippen LogP contribution in [0.25, 0.3) is 0 Å². The third-order valence-corrected chi connectivity index (χ3v) is 4.19. The van der Waals surface area contributed by atoms with E-state index in [1.807, 2.05) is 47.9 Å². The Morgan fingerprint density at radius 2 is 1.29 bits per heavy atom. The fourth-order valence-corrected chi connectivity index (χ4v) is 2.12. The van der Waals surface area contributed by atoms with Crippen LogP contribution in [0.1, 0.15) is 119 Å². The number of benzene rings is 1. The number of amides is 1. The highest BCUT2D eigenvalue weighted by molar-refractivity contribution is 5.75. The molecule has 9 nitrogen and oxygen atoms in total. The molecule has 45 heavy (non-hydrogen) atoms. The smallest absolute Gasteiger partial charge is 0.211 e. The first kappa shape index (κ1) is 61.6. The van der Waals surface area contributed by atoms with Gasteiger partial charge in [0.05, 0.1) is 13.2 Å². The standard InChI is InChI=1S/C10H18O.C8H9NO2.C4H11N.C3H7NO.C3H9N.C3H8.2C2H6.CH4O/c1-3-4-5-6-7-8-9-10(2)11;10-5-7-1-3-8(4-2-7)9-6-11;1-3-4-5-2;1-4-2-3-5;1-3-4-2;1-3-2;3*1-2/h3H,1,4-9H2,2H3;1-4,6,10H,5H2,(H,9,11);5H,3-4H2,1-2H3;3-4H,2H2,1H3;4H,3H2,1-2H3;3H2,1-2H3;2*1-2H3;2H,1H3. The number of carbonyl (C=O) groups excluding carboxylic acids is 3. The van der Waals surface area contributed by atoms with E-state index in [0.29, 0.717) is 18.7 Å². The number of carbonyl (C=O) groups is 3. The van der Waals surface area contributed by atoms with Crippen LogP contribution in [0.15, 0.2) is 36.9 Å². The minimum absolute atomic E-state index is 0.0291. The van der Waals surface area contributed by atoms with Gasteiger partial charge in [-0.25, -0.2) is 0 Å². The lowest BCUT2D eigenvalue weighted by Gasteiger charge is -1.98. The first-order valence-electron chi connectivity index (χ1n) is 16.6. The molecule has 0 spiro atoms. The van der Waals surface area contributed by atoms with Crippen LogP contribution in [-0.2, 0) is 21.0 Å². The molecular weight excluding hydrogens is 568 g/mol. The maximum atomic E-state index is 10.5. The minimum atomic E-state index is 0.0291. The molecule has 0 bridgehead atoms. The largest absolute Gasteiger partial charge is 0.400 e. The molecule has 272 valence electrons. The van der Waals surface area contributed by atoms with E-state index < -0.39 is 0 Å². The number of hydrogen-bond donors (Lipinski definition) is 6. The highest BCUT2D eigenvalue weighted by Crippen LogP contribution is 2.08. The topological polar surface area (TPSA) is 140 Å². The van der Waals surface area contributed by atoms with Gasteiger partial charge >= 0.3 is 0 Å². The van der Waals surface area contributed by atoms with Crippen molar-refractivity contribution in [2.75, 3.05) is 53.2 Å². The Morgan fingerprint density at radius 1 is 0.822 bits per heavy atom. The Morgan fingerprint density at radius 3 is 1.53 bits per heavy atom. The zero-order valence-corrected chi connectivity index (χ0v) is 31.9. The molecule has 0 unspecified atom stereocenters. The molecule has 0 aliphatic heterocycles. The Labute approximate surface area is 280 Å². The summed E-state index contributed by atoms with van der Waals surface area (Å²) in [5.41, 5.74) is 1.57. The number of aldehydes is 1. The number of likely N-dealkylation sites (N-methyl/N-ethyl adjacent to an activating group) is 1. The molecule has 0 saturated carbocycles. The molecule has 0 fully saturated rings. The number of rotatable bonds is 15. The predicted octanol–water partition coefficient (Wildman–Crippen LogP) is 7.17. The Bertz CT molecular complexity index is 598. The molecule has 0 aliphatic carbocycles. The van der Waals surface area contributed by atoms with Crippen LogP contribution in [0.5, 0.6) is 0 Å². The van der Waals surface area contributed by atoms with Crippen molar-refractivity contribution >= 4 is 24.2 Å². The lowest BCUT2D eigenvalue weighted by Crippen LogP contribution is -2.07. The molecule has 0 radical (unpaired) electrons. The lowest BCUT2D eigenvalue weighted by molar-refractivity contribution is -0.117. The van der Waals surface area contributed by atoms with Crippen LogP contribution in [0, 0.1) is 0 Å². The number of aliphatic hydroxyl groups excluding tert-OH is 2. The Kier molecular flexibility index (Phi) is 107. The average molecular weight is 647 g/mol. The van der Waals surface area contributed by atoms with Gasteiger partial charge in [0.2, 0.25) is 6.41 Å². The first-order valence-corrected chi connectivity index (χ1v) is 16.6. The summed E-state index contributed by atoms with van der Waals surface area (Å²) in [5.74, 6) is 0.314. The number of allylic oxidation sites excluding steroid dienone is 1. The van der Waals surface area contributed by atoms with Crippen molar-refractivity contribution < 1.29 is 24.6 Å². The van der Waals surface area contributed by atoms with Crippen molar-refractivity contribution in [3.8, 4) is 0 Å². The SMILES string of the molecule is C=CCCCCCCC(C)=O.CC.CC.CCC.CCCNC.CCNC.CNCC=O.CO.O=CNc1ccc(CO)cc1. The van der Waals surface area contributed by atoms with E-state index >= 15 is 0 Å². The average Bonchev–Trinajstić information content (AvgIpc) is 3.08. The molecule has 0 atom stereocenters. The molecule has 0 aliphatic rings. The van der Waals surface area contributed by atoms with E-state index in [1.54, 1.807) is 38.2 Å². The molecule has 0 heterocycles. The van der Waals surface area contributed by atoms with Gasteiger partial charge in [-0.15, -0.1) is 6.58 Å². The molecule has 1 rings (SSSR count). The maximum Gasteiger partial charge on any atom is 0.211 e. The highest BCUT2D eigenvalue weighted by Gasteiger charge is 1.92. The third kappa shape index (κ3) is 99.6. The van der Waals surface area contributed by atoms with Crippen molar-refractivity contribution in [2.45, 2.75) is 120 Å². The summed E-state index contributed by atoms with van der Waals surface area (Å²) in [6.45, 7) is 24.5. The van der Waals surface area contributed by atoms with Crippen molar-refractivity contribution in [3.63, 3.8) is 0 Å². The summed E-state index contributed by atoms with van der Waals surface area (Å²) < 4.78 is 0. The molecule has 0 saturated heterocycles. The van der Waals surface area contributed by atoms with Crippen LogP contribution in [0.4, 0.5) is 5.69 Å². The van der Waals surface area contributed by atoms with Gasteiger partial charge in [-0.2, -0.15) is 0 Å². The van der Waals surface area contributed by atoms with Gasteiger partial charge in [-0.1, -0.05) is 92.9 Å². The predicted molar refractivity (Wildman–Crippen MR) is 201 cm³/mol. The van der Waals surface area contributed by atoms with E-state index in [0.717, 1.165) is 57.0 Å². The van der Waals surface area contributed by atoms with Crippen LogP contribution in [0.2, 0.25) is 0 Å². The van der Waals surface area contributed by atoms with Crippen molar-refractivity contribution in [3.05, 3.63) is 42.5 Å². The minimum Gasteiger partial charge on any atom is -0.400 e. The number of aliphatic hydroxyl groups is 2. The number of unbranched alkanes of at least 4 members (excludes halogenated alkanes) is 4. The van der Waals surface area contributed by atoms with Crippen LogP contribution >= 0.6 is 0 Å². The summed E-state index contributed by atoms with van der Waals surface area (Å²) in [4.78, 5) is 29.8. The Balaban J connectivity index is -0.0000000622. The number of hydrogen-bond acceptors (Lipinski definition) is 8. The van der Waals surface area contributed by atoms with E-state index in [2.05, 4.69) is 55.5 Å². The fourth-order valence-electron chi connectivity index (χ4n) is 2.12. The number of nitrogens with one attached hydrogen (secondary N) is 4.